The van der Waals surface area contributed by atoms with Crippen molar-refractivity contribution in [3.63, 3.8) is 0 Å². The molecule has 1 atom stereocenters. The summed E-state index contributed by atoms with van der Waals surface area (Å²) in [5.41, 5.74) is 4.43. The number of ether oxygens (including phenoxy) is 2. The summed E-state index contributed by atoms with van der Waals surface area (Å²) < 4.78 is 12.8. The van der Waals surface area contributed by atoms with Crippen LogP contribution in [0.5, 0.6) is 0 Å². The van der Waals surface area contributed by atoms with E-state index in [0.29, 0.717) is 24.6 Å². The topological polar surface area (TPSA) is 53.3 Å². The molecule has 5 heteroatoms. The lowest BCUT2D eigenvalue weighted by Crippen LogP contribution is -2.19. The number of carbonyl (C=O) groups excluding carboxylic acids is 1. The maximum atomic E-state index is 12.5. The fourth-order valence-electron chi connectivity index (χ4n) is 2.84. The summed E-state index contributed by atoms with van der Waals surface area (Å²) in [6.07, 6.45) is -0.314. The second-order valence-electron chi connectivity index (χ2n) is 5.76. The minimum atomic E-state index is -0.370. The van der Waals surface area contributed by atoms with E-state index in [4.69, 9.17) is 9.47 Å². The monoisotopic (exact) mass is 330 g/mol. The average molecular weight is 330 g/mol. The molecule has 0 aliphatic rings. The molecule has 2 rings (SSSR count). The molecule has 1 unspecified atom stereocenters. The van der Waals surface area contributed by atoms with Gasteiger partial charge in [-0.05, 0) is 52.7 Å². The van der Waals surface area contributed by atoms with Crippen LogP contribution < -0.4 is 0 Å². The number of benzene rings is 1. The lowest BCUT2D eigenvalue weighted by atomic mass is 10.0. The molecule has 1 aromatic carbocycles. The standard InChI is InChI=1S/C19H26N2O3/c1-7-23-15(6)21-17(19(22)24-8-2)14(5)20-18(21)16-11-9-10-12(3)13(16)4/h9-11,15H,7-8H2,1-6H3. The van der Waals surface area contributed by atoms with Crippen LogP contribution in [0.15, 0.2) is 18.2 Å². The molecule has 0 saturated heterocycles. The van der Waals surface area contributed by atoms with Crippen LogP contribution in [0.2, 0.25) is 0 Å². The van der Waals surface area contributed by atoms with Gasteiger partial charge in [0.2, 0.25) is 0 Å². The number of esters is 1. The molecule has 1 heterocycles. The van der Waals surface area contributed by atoms with Gasteiger partial charge >= 0.3 is 5.97 Å². The molecule has 0 amide bonds. The van der Waals surface area contributed by atoms with Crippen molar-refractivity contribution in [2.75, 3.05) is 13.2 Å². The zero-order valence-corrected chi connectivity index (χ0v) is 15.3. The third-order valence-corrected chi connectivity index (χ3v) is 4.17. The Balaban J connectivity index is 2.69. The van der Waals surface area contributed by atoms with Crippen molar-refractivity contribution < 1.29 is 14.3 Å². The van der Waals surface area contributed by atoms with Gasteiger partial charge in [-0.1, -0.05) is 18.2 Å². The average Bonchev–Trinajstić information content (AvgIpc) is 2.88. The normalized spacial score (nSPS) is 12.2. The van der Waals surface area contributed by atoms with Crippen molar-refractivity contribution in [1.82, 2.24) is 9.55 Å². The largest absolute Gasteiger partial charge is 0.461 e. The van der Waals surface area contributed by atoms with Crippen LogP contribution in [0.3, 0.4) is 0 Å². The molecule has 130 valence electrons. The van der Waals surface area contributed by atoms with Gasteiger partial charge in [0.15, 0.2) is 5.69 Å². The molecular weight excluding hydrogens is 304 g/mol. The predicted molar refractivity (Wildman–Crippen MR) is 94.2 cm³/mol. The molecular formula is C19H26N2O3. The minimum absolute atomic E-state index is 0.314. The van der Waals surface area contributed by atoms with Crippen molar-refractivity contribution in [2.24, 2.45) is 0 Å². The van der Waals surface area contributed by atoms with E-state index in [1.54, 1.807) is 6.92 Å². The summed E-state index contributed by atoms with van der Waals surface area (Å²) in [5.74, 6) is 0.364. The third-order valence-electron chi connectivity index (χ3n) is 4.17. The zero-order chi connectivity index (χ0) is 17.9. The second-order valence-corrected chi connectivity index (χ2v) is 5.76. The molecule has 0 saturated carbocycles. The van der Waals surface area contributed by atoms with E-state index in [-0.39, 0.29) is 12.2 Å². The Morgan fingerprint density at radius 2 is 1.92 bits per heavy atom. The number of imidazole rings is 1. The summed E-state index contributed by atoms with van der Waals surface area (Å²) in [5, 5.41) is 0. The Bertz CT molecular complexity index is 734. The summed E-state index contributed by atoms with van der Waals surface area (Å²) in [7, 11) is 0. The first-order chi connectivity index (χ1) is 11.4. The van der Waals surface area contributed by atoms with Crippen LogP contribution in [0.1, 0.15) is 54.3 Å². The predicted octanol–water partition coefficient (Wildman–Crippen LogP) is 4.21. The van der Waals surface area contributed by atoms with E-state index in [9.17, 15) is 4.79 Å². The first-order valence-corrected chi connectivity index (χ1v) is 8.36. The first kappa shape index (κ1) is 18.2. The van der Waals surface area contributed by atoms with E-state index < -0.39 is 0 Å². The second kappa shape index (κ2) is 7.62. The Labute approximate surface area is 143 Å². The third kappa shape index (κ3) is 3.36. The van der Waals surface area contributed by atoms with Gasteiger partial charge in [-0.2, -0.15) is 0 Å². The lowest BCUT2D eigenvalue weighted by Gasteiger charge is -2.20. The van der Waals surface area contributed by atoms with Gasteiger partial charge in [-0.25, -0.2) is 9.78 Å². The maximum Gasteiger partial charge on any atom is 0.356 e. The van der Waals surface area contributed by atoms with E-state index in [1.165, 1.54) is 5.56 Å². The minimum Gasteiger partial charge on any atom is -0.461 e. The highest BCUT2D eigenvalue weighted by atomic mass is 16.5. The Hall–Kier alpha value is -2.14. The van der Waals surface area contributed by atoms with Crippen molar-refractivity contribution in [3.05, 3.63) is 40.7 Å². The number of carbonyl (C=O) groups is 1. The van der Waals surface area contributed by atoms with Gasteiger partial charge in [0.1, 0.15) is 12.1 Å². The van der Waals surface area contributed by atoms with Crippen LogP contribution in [0.4, 0.5) is 0 Å². The Morgan fingerprint density at radius 1 is 1.21 bits per heavy atom. The molecule has 0 fully saturated rings. The van der Waals surface area contributed by atoms with Crippen LogP contribution in [0, 0.1) is 20.8 Å². The van der Waals surface area contributed by atoms with Crippen molar-refractivity contribution in [1.29, 1.82) is 0 Å². The van der Waals surface area contributed by atoms with Gasteiger partial charge < -0.3 is 9.47 Å². The van der Waals surface area contributed by atoms with Crippen LogP contribution >= 0.6 is 0 Å². The van der Waals surface area contributed by atoms with Crippen LogP contribution in [-0.2, 0) is 9.47 Å². The highest BCUT2D eigenvalue weighted by Crippen LogP contribution is 2.30. The van der Waals surface area contributed by atoms with E-state index in [0.717, 1.165) is 17.0 Å². The van der Waals surface area contributed by atoms with Gasteiger partial charge in [0.25, 0.3) is 0 Å². The van der Waals surface area contributed by atoms with Gasteiger partial charge in [0.05, 0.1) is 12.3 Å². The lowest BCUT2D eigenvalue weighted by molar-refractivity contribution is 0.0195. The highest BCUT2D eigenvalue weighted by Gasteiger charge is 2.26. The van der Waals surface area contributed by atoms with Gasteiger partial charge in [0, 0.05) is 12.2 Å². The molecule has 2 aromatic rings. The summed E-state index contributed by atoms with van der Waals surface area (Å²) >= 11 is 0. The molecule has 24 heavy (non-hydrogen) atoms. The molecule has 1 aromatic heterocycles. The molecule has 0 radical (unpaired) electrons. The summed E-state index contributed by atoms with van der Waals surface area (Å²) in [4.78, 5) is 17.1. The zero-order valence-electron chi connectivity index (χ0n) is 15.3. The van der Waals surface area contributed by atoms with Crippen molar-refractivity contribution in [2.45, 2.75) is 47.8 Å². The van der Waals surface area contributed by atoms with E-state index in [2.05, 4.69) is 24.9 Å². The maximum absolute atomic E-state index is 12.5. The molecule has 0 aliphatic heterocycles. The van der Waals surface area contributed by atoms with E-state index in [1.807, 2.05) is 37.5 Å². The quantitative estimate of drug-likeness (QED) is 0.745. The number of aromatic nitrogens is 2. The highest BCUT2D eigenvalue weighted by molar-refractivity contribution is 5.90. The fraction of sp³-hybridized carbons (Fsp3) is 0.474. The number of hydrogen-bond acceptors (Lipinski definition) is 4. The molecule has 0 spiro atoms. The molecule has 0 bridgehead atoms. The smallest absolute Gasteiger partial charge is 0.356 e. The number of hydrogen-bond donors (Lipinski definition) is 0. The number of rotatable bonds is 6. The molecule has 0 aliphatic carbocycles. The van der Waals surface area contributed by atoms with Crippen molar-refractivity contribution in [3.8, 4) is 11.4 Å². The Kier molecular flexibility index (Phi) is 5.78. The van der Waals surface area contributed by atoms with Gasteiger partial charge in [-0.15, -0.1) is 0 Å². The molecule has 0 N–H and O–H groups in total. The first-order valence-electron chi connectivity index (χ1n) is 8.36. The Morgan fingerprint density at radius 3 is 2.54 bits per heavy atom. The number of nitrogens with zero attached hydrogens (tertiary/aromatic N) is 2. The van der Waals surface area contributed by atoms with Crippen LogP contribution in [0.25, 0.3) is 11.4 Å². The summed E-state index contributed by atoms with van der Waals surface area (Å²) in [6.45, 7) is 12.5. The fourth-order valence-corrected chi connectivity index (χ4v) is 2.84. The van der Waals surface area contributed by atoms with Crippen molar-refractivity contribution >= 4 is 5.97 Å². The number of aryl methyl sites for hydroxylation is 2. The molecule has 5 nitrogen and oxygen atoms in total. The van der Waals surface area contributed by atoms with E-state index >= 15 is 0 Å². The SMILES string of the molecule is CCOC(=O)c1c(C)nc(-c2cccc(C)c2C)n1C(C)OCC. The van der Waals surface area contributed by atoms with Gasteiger partial charge in [-0.3, -0.25) is 4.57 Å². The van der Waals surface area contributed by atoms with Crippen LogP contribution in [-0.4, -0.2) is 28.7 Å². The summed E-state index contributed by atoms with van der Waals surface area (Å²) in [6, 6.07) is 6.09.